The predicted molar refractivity (Wildman–Crippen MR) is 77.3 cm³/mol. The molecule has 0 aromatic heterocycles. The van der Waals surface area contributed by atoms with Crippen molar-refractivity contribution in [2.24, 2.45) is 0 Å². The Hall–Kier alpha value is -1.02. The maximum absolute atomic E-state index is 5.84. The molecule has 0 aliphatic carbocycles. The van der Waals surface area contributed by atoms with Crippen LogP contribution in [0.5, 0.6) is 5.75 Å². The van der Waals surface area contributed by atoms with Gasteiger partial charge in [0, 0.05) is 6.42 Å². The average Bonchev–Trinajstić information content (AvgIpc) is 2.27. The van der Waals surface area contributed by atoms with Gasteiger partial charge in [-0.2, -0.15) is 0 Å². The monoisotopic (exact) mass is 250 g/mol. The molecule has 0 radical (unpaired) electrons. The second kappa shape index (κ2) is 7.42. The standard InChI is InChI=1S/C16H27NO/c1-12(2)15-9-14(5)10-16(11-15)18-8-6-7-17-13(3)4/h9-13,17H,6-8H2,1-5H3/p+1. The van der Waals surface area contributed by atoms with Gasteiger partial charge >= 0.3 is 0 Å². The molecular formula is C16H28NO+. The summed E-state index contributed by atoms with van der Waals surface area (Å²) in [5.41, 5.74) is 2.64. The van der Waals surface area contributed by atoms with E-state index in [1.54, 1.807) is 0 Å². The Morgan fingerprint density at radius 2 is 1.83 bits per heavy atom. The molecule has 0 atom stereocenters. The average molecular weight is 250 g/mol. The number of hydrogen-bond donors (Lipinski definition) is 1. The smallest absolute Gasteiger partial charge is 0.119 e. The summed E-state index contributed by atoms with van der Waals surface area (Å²) in [6.45, 7) is 13.0. The van der Waals surface area contributed by atoms with Crippen molar-refractivity contribution in [3.63, 3.8) is 0 Å². The van der Waals surface area contributed by atoms with Crippen molar-refractivity contribution in [3.05, 3.63) is 29.3 Å². The molecule has 2 N–H and O–H groups in total. The van der Waals surface area contributed by atoms with Crippen LogP contribution in [0.4, 0.5) is 0 Å². The van der Waals surface area contributed by atoms with Gasteiger partial charge in [0.1, 0.15) is 5.75 Å². The lowest BCUT2D eigenvalue weighted by atomic mass is 10.0. The first-order valence-electron chi connectivity index (χ1n) is 7.06. The molecule has 0 fully saturated rings. The van der Waals surface area contributed by atoms with Crippen LogP contribution in [0.15, 0.2) is 18.2 Å². The van der Waals surface area contributed by atoms with Gasteiger partial charge in [0.25, 0.3) is 0 Å². The van der Waals surface area contributed by atoms with Crippen LogP contribution in [-0.4, -0.2) is 19.2 Å². The molecule has 0 heterocycles. The summed E-state index contributed by atoms with van der Waals surface area (Å²) in [4.78, 5) is 0. The Morgan fingerprint density at radius 3 is 2.44 bits per heavy atom. The predicted octanol–water partition coefficient (Wildman–Crippen LogP) is 2.86. The van der Waals surface area contributed by atoms with Gasteiger partial charge in [-0.05, 0) is 49.9 Å². The highest BCUT2D eigenvalue weighted by atomic mass is 16.5. The van der Waals surface area contributed by atoms with Crippen molar-refractivity contribution in [2.75, 3.05) is 13.2 Å². The van der Waals surface area contributed by atoms with Gasteiger partial charge in [0.15, 0.2) is 0 Å². The number of quaternary nitrogens is 1. The van der Waals surface area contributed by atoms with Crippen LogP contribution in [0.25, 0.3) is 0 Å². The van der Waals surface area contributed by atoms with E-state index in [0.717, 1.165) is 25.3 Å². The molecule has 0 aliphatic heterocycles. The quantitative estimate of drug-likeness (QED) is 0.740. The molecule has 1 aromatic carbocycles. The molecule has 2 nitrogen and oxygen atoms in total. The summed E-state index contributed by atoms with van der Waals surface area (Å²) in [5, 5.41) is 2.35. The van der Waals surface area contributed by atoms with Crippen LogP contribution < -0.4 is 10.1 Å². The molecule has 0 aliphatic rings. The van der Waals surface area contributed by atoms with Gasteiger partial charge in [0.05, 0.1) is 19.2 Å². The summed E-state index contributed by atoms with van der Waals surface area (Å²) in [6, 6.07) is 7.21. The summed E-state index contributed by atoms with van der Waals surface area (Å²) in [6.07, 6.45) is 1.10. The summed E-state index contributed by atoms with van der Waals surface area (Å²) < 4.78 is 5.84. The zero-order chi connectivity index (χ0) is 13.5. The second-order valence-corrected chi connectivity index (χ2v) is 5.70. The van der Waals surface area contributed by atoms with E-state index in [4.69, 9.17) is 4.74 Å². The second-order valence-electron chi connectivity index (χ2n) is 5.70. The lowest BCUT2D eigenvalue weighted by molar-refractivity contribution is -0.683. The van der Waals surface area contributed by atoms with Gasteiger partial charge in [-0.25, -0.2) is 0 Å². The number of rotatable bonds is 7. The first-order chi connectivity index (χ1) is 8.49. The van der Waals surface area contributed by atoms with Gasteiger partial charge in [-0.15, -0.1) is 0 Å². The maximum Gasteiger partial charge on any atom is 0.119 e. The molecule has 0 amide bonds. The van der Waals surface area contributed by atoms with Gasteiger partial charge in [-0.1, -0.05) is 19.9 Å². The van der Waals surface area contributed by atoms with Crippen LogP contribution in [0, 0.1) is 6.92 Å². The van der Waals surface area contributed by atoms with Crippen molar-refractivity contribution < 1.29 is 10.1 Å². The highest BCUT2D eigenvalue weighted by Gasteiger charge is 2.03. The topological polar surface area (TPSA) is 25.8 Å². The van der Waals surface area contributed by atoms with Gasteiger partial charge < -0.3 is 10.1 Å². The van der Waals surface area contributed by atoms with Crippen molar-refractivity contribution in [3.8, 4) is 5.75 Å². The zero-order valence-electron chi connectivity index (χ0n) is 12.5. The molecule has 0 saturated heterocycles. The molecular weight excluding hydrogens is 222 g/mol. The molecule has 0 bridgehead atoms. The number of hydrogen-bond acceptors (Lipinski definition) is 1. The van der Waals surface area contributed by atoms with E-state index in [0.29, 0.717) is 12.0 Å². The summed E-state index contributed by atoms with van der Waals surface area (Å²) in [5.74, 6) is 1.57. The fraction of sp³-hybridized carbons (Fsp3) is 0.625. The molecule has 1 aromatic rings. The van der Waals surface area contributed by atoms with E-state index >= 15 is 0 Å². The van der Waals surface area contributed by atoms with E-state index < -0.39 is 0 Å². The molecule has 1 rings (SSSR count). The van der Waals surface area contributed by atoms with Gasteiger partial charge in [-0.3, -0.25) is 0 Å². The number of ether oxygens (including phenoxy) is 1. The molecule has 0 spiro atoms. The highest BCUT2D eigenvalue weighted by Crippen LogP contribution is 2.22. The third kappa shape index (κ3) is 5.54. The Bertz CT molecular complexity index is 358. The molecule has 2 heteroatoms. The minimum atomic E-state index is 0.557. The Morgan fingerprint density at radius 1 is 1.11 bits per heavy atom. The fourth-order valence-electron chi connectivity index (χ4n) is 1.92. The third-order valence-electron chi connectivity index (χ3n) is 3.00. The zero-order valence-corrected chi connectivity index (χ0v) is 12.5. The van der Waals surface area contributed by atoms with Crippen LogP contribution >= 0.6 is 0 Å². The van der Waals surface area contributed by atoms with E-state index in [1.807, 2.05) is 0 Å². The lowest BCUT2D eigenvalue weighted by Crippen LogP contribution is -2.88. The van der Waals surface area contributed by atoms with Crippen molar-refractivity contribution in [2.45, 2.75) is 53.0 Å². The van der Waals surface area contributed by atoms with Crippen molar-refractivity contribution >= 4 is 0 Å². The first-order valence-corrected chi connectivity index (χ1v) is 7.06. The van der Waals surface area contributed by atoms with E-state index in [2.05, 4.69) is 58.1 Å². The summed E-state index contributed by atoms with van der Waals surface area (Å²) >= 11 is 0. The normalized spacial score (nSPS) is 11.3. The van der Waals surface area contributed by atoms with Crippen LogP contribution in [-0.2, 0) is 0 Å². The SMILES string of the molecule is Cc1cc(OCCC[NH2+]C(C)C)cc(C(C)C)c1. The van der Waals surface area contributed by atoms with Crippen LogP contribution in [0.2, 0.25) is 0 Å². The Balaban J connectivity index is 2.42. The number of benzene rings is 1. The minimum Gasteiger partial charge on any atom is -0.493 e. The van der Waals surface area contributed by atoms with Crippen LogP contribution in [0.3, 0.4) is 0 Å². The highest BCUT2D eigenvalue weighted by molar-refractivity contribution is 5.35. The summed E-state index contributed by atoms with van der Waals surface area (Å²) in [7, 11) is 0. The number of nitrogens with two attached hydrogens (primary N) is 1. The lowest BCUT2D eigenvalue weighted by Gasteiger charge is -2.12. The largest absolute Gasteiger partial charge is 0.493 e. The molecule has 0 unspecified atom stereocenters. The molecule has 102 valence electrons. The van der Waals surface area contributed by atoms with Crippen LogP contribution in [0.1, 0.15) is 51.2 Å². The van der Waals surface area contributed by atoms with E-state index in [-0.39, 0.29) is 0 Å². The van der Waals surface area contributed by atoms with Crippen molar-refractivity contribution in [1.82, 2.24) is 0 Å². The fourth-order valence-corrected chi connectivity index (χ4v) is 1.92. The maximum atomic E-state index is 5.84. The van der Waals surface area contributed by atoms with E-state index in [1.165, 1.54) is 11.1 Å². The Labute approximate surface area is 112 Å². The first kappa shape index (κ1) is 15.0. The Kier molecular flexibility index (Phi) is 6.20. The van der Waals surface area contributed by atoms with Crippen molar-refractivity contribution in [1.29, 1.82) is 0 Å². The minimum absolute atomic E-state index is 0.557. The number of aryl methyl sites for hydroxylation is 1. The third-order valence-corrected chi connectivity index (χ3v) is 3.00. The van der Waals surface area contributed by atoms with E-state index in [9.17, 15) is 0 Å². The molecule has 18 heavy (non-hydrogen) atoms. The molecule has 0 saturated carbocycles. The van der Waals surface area contributed by atoms with Gasteiger partial charge in [0.2, 0.25) is 0 Å².